The van der Waals surface area contributed by atoms with Crippen molar-refractivity contribution in [2.45, 2.75) is 49.7 Å². The molecule has 0 aromatic heterocycles. The van der Waals surface area contributed by atoms with Gasteiger partial charge in [-0.15, -0.1) is 0 Å². The van der Waals surface area contributed by atoms with Gasteiger partial charge < -0.3 is 14.8 Å². The molecule has 0 heterocycles. The second kappa shape index (κ2) is 6.20. The van der Waals surface area contributed by atoms with Crippen LogP contribution in [-0.2, 0) is 14.3 Å². The number of hydrogen-bond donors (Lipinski definition) is 1. The summed E-state index contributed by atoms with van der Waals surface area (Å²) >= 11 is 0. The molecule has 2 aliphatic rings. The van der Waals surface area contributed by atoms with Crippen molar-refractivity contribution < 1.29 is 14.3 Å². The summed E-state index contributed by atoms with van der Waals surface area (Å²) < 4.78 is 10.2. The Hall–Kier alpha value is -0.650. The average Bonchev–Trinajstić information content (AvgIpc) is 3.18. The van der Waals surface area contributed by atoms with Gasteiger partial charge in [0.2, 0.25) is 0 Å². The summed E-state index contributed by atoms with van der Waals surface area (Å²) in [5, 5.41) is 3.20. The normalized spacial score (nSPS) is 30.8. The van der Waals surface area contributed by atoms with Gasteiger partial charge in [-0.1, -0.05) is 0 Å². The highest BCUT2D eigenvalue weighted by atomic mass is 16.5. The van der Waals surface area contributed by atoms with Crippen LogP contribution in [0.2, 0.25) is 0 Å². The zero-order valence-electron chi connectivity index (χ0n) is 12.3. The monoisotopic (exact) mass is 270 g/mol. The predicted octanol–water partition coefficient (Wildman–Crippen LogP) is 0.781. The van der Waals surface area contributed by atoms with E-state index in [2.05, 4.69) is 10.2 Å². The van der Waals surface area contributed by atoms with E-state index < -0.39 is 5.54 Å². The zero-order chi connectivity index (χ0) is 13.9. The van der Waals surface area contributed by atoms with Crippen LogP contribution in [0.15, 0.2) is 0 Å². The Morgan fingerprint density at radius 2 is 2.05 bits per heavy atom. The molecule has 5 nitrogen and oxygen atoms in total. The summed E-state index contributed by atoms with van der Waals surface area (Å²) in [6, 6.07) is 1.17. The van der Waals surface area contributed by atoms with Gasteiger partial charge in [0.05, 0.1) is 13.7 Å². The topological polar surface area (TPSA) is 50.8 Å². The highest BCUT2D eigenvalue weighted by Gasteiger charge is 2.48. The number of likely N-dealkylation sites (N-methyl/N-ethyl adjacent to an activating group) is 1. The summed E-state index contributed by atoms with van der Waals surface area (Å²) in [6.07, 6.45) is 5.32. The number of ether oxygens (including phenoxy) is 2. The standard InChI is InChI=1S/C14H26N2O3/c1-15-14(13(17)19-3)7-6-12(10-14)16(8-9-18-2)11-4-5-11/h11-12,15H,4-10H2,1-3H3. The van der Waals surface area contributed by atoms with Crippen molar-refractivity contribution >= 4 is 5.97 Å². The van der Waals surface area contributed by atoms with E-state index in [1.54, 1.807) is 7.11 Å². The maximum absolute atomic E-state index is 12.0. The van der Waals surface area contributed by atoms with Gasteiger partial charge in [0.1, 0.15) is 5.54 Å². The Kier molecular flexibility index (Phi) is 4.81. The fourth-order valence-electron chi connectivity index (χ4n) is 3.28. The Bertz CT molecular complexity index is 320. The highest BCUT2D eigenvalue weighted by Crippen LogP contribution is 2.38. The lowest BCUT2D eigenvalue weighted by Gasteiger charge is -2.31. The van der Waals surface area contributed by atoms with Gasteiger partial charge >= 0.3 is 5.97 Å². The fourth-order valence-corrected chi connectivity index (χ4v) is 3.28. The molecule has 0 aromatic rings. The Labute approximate surface area is 115 Å². The van der Waals surface area contributed by atoms with Crippen LogP contribution in [0.25, 0.3) is 0 Å². The molecule has 2 fully saturated rings. The Balaban J connectivity index is 2.00. The summed E-state index contributed by atoms with van der Waals surface area (Å²) in [7, 11) is 5.07. The number of nitrogens with zero attached hydrogens (tertiary/aromatic N) is 1. The molecule has 0 bridgehead atoms. The Morgan fingerprint density at radius 1 is 1.32 bits per heavy atom. The van der Waals surface area contributed by atoms with E-state index in [4.69, 9.17) is 9.47 Å². The summed E-state index contributed by atoms with van der Waals surface area (Å²) in [4.78, 5) is 14.5. The third kappa shape index (κ3) is 3.09. The molecule has 2 rings (SSSR count). The van der Waals surface area contributed by atoms with Crippen LogP contribution in [0.4, 0.5) is 0 Å². The number of esters is 1. The molecule has 2 aliphatic carbocycles. The van der Waals surface area contributed by atoms with Crippen molar-refractivity contribution in [1.82, 2.24) is 10.2 Å². The molecule has 1 N–H and O–H groups in total. The largest absolute Gasteiger partial charge is 0.468 e. The fraction of sp³-hybridized carbons (Fsp3) is 0.929. The lowest BCUT2D eigenvalue weighted by atomic mass is 9.97. The summed E-state index contributed by atoms with van der Waals surface area (Å²) in [6.45, 7) is 1.73. The molecular weight excluding hydrogens is 244 g/mol. The molecule has 0 aromatic carbocycles. The maximum Gasteiger partial charge on any atom is 0.326 e. The minimum atomic E-state index is -0.486. The molecule has 0 amide bonds. The maximum atomic E-state index is 12.0. The van der Waals surface area contributed by atoms with Crippen molar-refractivity contribution in [3.05, 3.63) is 0 Å². The molecule has 2 unspecified atom stereocenters. The van der Waals surface area contributed by atoms with Crippen LogP contribution in [0, 0.1) is 0 Å². The summed E-state index contributed by atoms with van der Waals surface area (Å²) in [5.41, 5.74) is -0.486. The molecule has 2 atom stereocenters. The molecule has 110 valence electrons. The number of rotatable bonds is 7. The number of carbonyl (C=O) groups is 1. The summed E-state index contributed by atoms with van der Waals surface area (Å²) in [5.74, 6) is -0.125. The van der Waals surface area contributed by atoms with E-state index >= 15 is 0 Å². The first-order chi connectivity index (χ1) is 9.16. The van der Waals surface area contributed by atoms with Crippen LogP contribution in [-0.4, -0.2) is 62.9 Å². The first-order valence-electron chi connectivity index (χ1n) is 7.19. The van der Waals surface area contributed by atoms with Gasteiger partial charge in [-0.3, -0.25) is 9.69 Å². The molecule has 2 saturated carbocycles. The van der Waals surface area contributed by atoms with Crippen molar-refractivity contribution in [1.29, 1.82) is 0 Å². The molecule has 5 heteroatoms. The first-order valence-corrected chi connectivity index (χ1v) is 7.19. The van der Waals surface area contributed by atoms with E-state index in [-0.39, 0.29) is 5.97 Å². The molecule has 19 heavy (non-hydrogen) atoms. The van der Waals surface area contributed by atoms with E-state index in [9.17, 15) is 4.79 Å². The molecule has 0 aliphatic heterocycles. The van der Waals surface area contributed by atoms with Gasteiger partial charge in [-0.25, -0.2) is 0 Å². The predicted molar refractivity (Wildman–Crippen MR) is 73.0 cm³/mol. The van der Waals surface area contributed by atoms with Gasteiger partial charge in [0, 0.05) is 25.7 Å². The smallest absolute Gasteiger partial charge is 0.326 e. The van der Waals surface area contributed by atoms with E-state index in [0.717, 1.165) is 32.4 Å². The van der Waals surface area contributed by atoms with Crippen molar-refractivity contribution in [2.75, 3.05) is 34.4 Å². The van der Waals surface area contributed by atoms with Gasteiger partial charge in [0.15, 0.2) is 0 Å². The lowest BCUT2D eigenvalue weighted by molar-refractivity contribution is -0.148. The molecule has 0 radical (unpaired) electrons. The van der Waals surface area contributed by atoms with Crippen molar-refractivity contribution in [3.63, 3.8) is 0 Å². The van der Waals surface area contributed by atoms with Crippen molar-refractivity contribution in [3.8, 4) is 0 Å². The quantitative estimate of drug-likeness (QED) is 0.693. The van der Waals surface area contributed by atoms with Crippen LogP contribution >= 0.6 is 0 Å². The van der Waals surface area contributed by atoms with E-state index in [1.807, 2.05) is 7.05 Å². The van der Waals surface area contributed by atoms with Gasteiger partial charge in [-0.2, -0.15) is 0 Å². The number of carbonyl (C=O) groups excluding carboxylic acids is 1. The second-order valence-corrected chi connectivity index (χ2v) is 5.68. The minimum Gasteiger partial charge on any atom is -0.468 e. The molecular formula is C14H26N2O3. The highest BCUT2D eigenvalue weighted by molar-refractivity contribution is 5.81. The third-order valence-electron chi connectivity index (χ3n) is 4.58. The van der Waals surface area contributed by atoms with E-state index in [1.165, 1.54) is 20.0 Å². The minimum absolute atomic E-state index is 0.125. The molecule has 0 saturated heterocycles. The van der Waals surface area contributed by atoms with Gasteiger partial charge in [-0.05, 0) is 39.2 Å². The molecule has 0 spiro atoms. The van der Waals surface area contributed by atoms with Crippen LogP contribution in [0.5, 0.6) is 0 Å². The first kappa shape index (κ1) is 14.8. The Morgan fingerprint density at radius 3 is 2.58 bits per heavy atom. The number of nitrogens with one attached hydrogen (secondary N) is 1. The lowest BCUT2D eigenvalue weighted by Crippen LogP contribution is -2.50. The van der Waals surface area contributed by atoms with Crippen LogP contribution < -0.4 is 5.32 Å². The second-order valence-electron chi connectivity index (χ2n) is 5.68. The van der Waals surface area contributed by atoms with Gasteiger partial charge in [0.25, 0.3) is 0 Å². The number of methoxy groups -OCH3 is 2. The van der Waals surface area contributed by atoms with Crippen LogP contribution in [0.1, 0.15) is 32.1 Å². The SMILES string of the molecule is CNC1(C(=O)OC)CCC(N(CCOC)C2CC2)C1. The average molecular weight is 270 g/mol. The van der Waals surface area contributed by atoms with E-state index in [0.29, 0.717) is 12.1 Å². The zero-order valence-corrected chi connectivity index (χ0v) is 12.3. The van der Waals surface area contributed by atoms with Crippen LogP contribution in [0.3, 0.4) is 0 Å². The number of hydrogen-bond acceptors (Lipinski definition) is 5. The third-order valence-corrected chi connectivity index (χ3v) is 4.58. The van der Waals surface area contributed by atoms with Crippen molar-refractivity contribution in [2.24, 2.45) is 0 Å².